The zero-order chi connectivity index (χ0) is 13.0. The molecule has 0 bridgehead atoms. The first kappa shape index (κ1) is 13.5. The summed E-state index contributed by atoms with van der Waals surface area (Å²) < 4.78 is 0. The summed E-state index contributed by atoms with van der Waals surface area (Å²) in [6.45, 7) is 5.19. The Bertz CT molecular complexity index is 380. The van der Waals surface area contributed by atoms with Gasteiger partial charge in [-0.15, -0.1) is 11.3 Å². The number of nitrogens with two attached hydrogens (primary N) is 1. The van der Waals surface area contributed by atoms with Crippen LogP contribution in [-0.2, 0) is 4.79 Å². The number of nitrogens with one attached hydrogen (secondary N) is 1. The minimum absolute atomic E-state index is 0.102. The van der Waals surface area contributed by atoms with Crippen LogP contribution in [0.1, 0.15) is 24.3 Å². The van der Waals surface area contributed by atoms with Crippen LogP contribution in [0, 0.1) is 5.92 Å². The largest absolute Gasteiger partial charge is 0.348 e. The molecule has 3 N–H and O–H groups in total. The second kappa shape index (κ2) is 6.31. The van der Waals surface area contributed by atoms with Crippen LogP contribution in [0.4, 0.5) is 0 Å². The normalized spacial score (nSPS) is 22.0. The molecule has 0 saturated carbocycles. The molecular weight excluding hydrogens is 246 g/mol. The van der Waals surface area contributed by atoms with Crippen LogP contribution >= 0.6 is 11.3 Å². The molecule has 100 valence electrons. The van der Waals surface area contributed by atoms with E-state index in [4.69, 9.17) is 5.73 Å². The van der Waals surface area contributed by atoms with Crippen molar-refractivity contribution in [3.63, 3.8) is 0 Å². The van der Waals surface area contributed by atoms with Gasteiger partial charge in [-0.25, -0.2) is 0 Å². The van der Waals surface area contributed by atoms with E-state index in [1.807, 2.05) is 18.4 Å². The number of hydrogen-bond acceptors (Lipinski definition) is 4. The fourth-order valence-electron chi connectivity index (χ4n) is 2.35. The van der Waals surface area contributed by atoms with Gasteiger partial charge in [0.25, 0.3) is 0 Å². The number of thiophene rings is 1. The van der Waals surface area contributed by atoms with Crippen molar-refractivity contribution >= 4 is 17.2 Å². The van der Waals surface area contributed by atoms with E-state index in [2.05, 4.69) is 16.3 Å². The minimum Gasteiger partial charge on any atom is -0.348 e. The van der Waals surface area contributed by atoms with E-state index in [1.165, 1.54) is 4.88 Å². The average Bonchev–Trinajstić information content (AvgIpc) is 2.98. The second-order valence-electron chi connectivity index (χ2n) is 4.93. The third-order valence-electron chi connectivity index (χ3n) is 3.42. The Morgan fingerprint density at radius 2 is 2.56 bits per heavy atom. The van der Waals surface area contributed by atoms with Crippen LogP contribution in [0.5, 0.6) is 0 Å². The van der Waals surface area contributed by atoms with Gasteiger partial charge in [0.15, 0.2) is 0 Å². The maximum Gasteiger partial charge on any atom is 0.234 e. The fraction of sp³-hybridized carbons (Fsp3) is 0.615. The maximum atomic E-state index is 11.9. The van der Waals surface area contributed by atoms with E-state index >= 15 is 0 Å². The predicted octanol–water partition coefficient (Wildman–Crippen LogP) is 1.21. The molecule has 18 heavy (non-hydrogen) atoms. The van der Waals surface area contributed by atoms with Gasteiger partial charge < -0.3 is 11.1 Å². The third-order valence-corrected chi connectivity index (χ3v) is 4.47. The minimum atomic E-state index is 0.102. The lowest BCUT2D eigenvalue weighted by Gasteiger charge is -2.17. The zero-order valence-corrected chi connectivity index (χ0v) is 11.6. The van der Waals surface area contributed by atoms with E-state index < -0.39 is 0 Å². The first-order valence-electron chi connectivity index (χ1n) is 6.44. The summed E-state index contributed by atoms with van der Waals surface area (Å²) in [6.07, 6.45) is 1.12. The molecule has 1 fully saturated rings. The van der Waals surface area contributed by atoms with Crippen molar-refractivity contribution in [1.82, 2.24) is 10.2 Å². The van der Waals surface area contributed by atoms with E-state index in [0.717, 1.165) is 26.1 Å². The molecule has 2 atom stereocenters. The van der Waals surface area contributed by atoms with Crippen molar-refractivity contribution in [2.24, 2.45) is 11.7 Å². The Hall–Kier alpha value is -0.910. The maximum absolute atomic E-state index is 11.9. The lowest BCUT2D eigenvalue weighted by Crippen LogP contribution is -2.37. The highest BCUT2D eigenvalue weighted by atomic mass is 32.1. The molecular formula is C13H21N3OS. The van der Waals surface area contributed by atoms with E-state index in [-0.39, 0.29) is 11.9 Å². The van der Waals surface area contributed by atoms with Crippen molar-refractivity contribution in [2.45, 2.75) is 19.4 Å². The van der Waals surface area contributed by atoms with E-state index in [1.54, 1.807) is 11.3 Å². The zero-order valence-electron chi connectivity index (χ0n) is 10.8. The SMILES string of the molecule is CC(NC(=O)CN1CCC(CN)C1)c1cccs1. The lowest BCUT2D eigenvalue weighted by atomic mass is 10.1. The second-order valence-corrected chi connectivity index (χ2v) is 5.91. The monoisotopic (exact) mass is 267 g/mol. The highest BCUT2D eigenvalue weighted by Gasteiger charge is 2.23. The molecule has 0 radical (unpaired) electrons. The molecule has 2 unspecified atom stereocenters. The van der Waals surface area contributed by atoms with Gasteiger partial charge in [0, 0.05) is 11.4 Å². The van der Waals surface area contributed by atoms with Crippen LogP contribution in [0.2, 0.25) is 0 Å². The molecule has 1 saturated heterocycles. The number of amides is 1. The summed E-state index contributed by atoms with van der Waals surface area (Å²) >= 11 is 1.67. The summed E-state index contributed by atoms with van der Waals surface area (Å²) in [5.74, 6) is 0.668. The van der Waals surface area contributed by atoms with E-state index in [0.29, 0.717) is 12.5 Å². The Morgan fingerprint density at radius 3 is 3.17 bits per heavy atom. The van der Waals surface area contributed by atoms with Gasteiger partial charge in [0.1, 0.15) is 0 Å². The Morgan fingerprint density at radius 1 is 1.72 bits per heavy atom. The first-order valence-corrected chi connectivity index (χ1v) is 7.32. The smallest absolute Gasteiger partial charge is 0.234 e. The third kappa shape index (κ3) is 3.54. The topological polar surface area (TPSA) is 58.4 Å². The van der Waals surface area contributed by atoms with Crippen LogP contribution in [0.25, 0.3) is 0 Å². The Balaban J connectivity index is 1.75. The van der Waals surface area contributed by atoms with Gasteiger partial charge >= 0.3 is 0 Å². The standard InChI is InChI=1S/C13H21N3OS/c1-10(12-3-2-6-18-12)15-13(17)9-16-5-4-11(7-14)8-16/h2-3,6,10-11H,4-5,7-9,14H2,1H3,(H,15,17). The molecule has 1 aromatic rings. The van der Waals surface area contributed by atoms with Crippen LogP contribution < -0.4 is 11.1 Å². The molecule has 1 aliphatic heterocycles. The predicted molar refractivity (Wildman–Crippen MR) is 74.5 cm³/mol. The molecule has 0 spiro atoms. The van der Waals surface area contributed by atoms with Crippen LogP contribution in [-0.4, -0.2) is 37.0 Å². The van der Waals surface area contributed by atoms with E-state index in [9.17, 15) is 4.79 Å². The molecule has 1 aliphatic rings. The van der Waals surface area contributed by atoms with Crippen molar-refractivity contribution < 1.29 is 4.79 Å². The van der Waals surface area contributed by atoms with Crippen molar-refractivity contribution in [3.8, 4) is 0 Å². The van der Waals surface area contributed by atoms with Crippen molar-refractivity contribution in [3.05, 3.63) is 22.4 Å². The summed E-state index contributed by atoms with van der Waals surface area (Å²) in [5.41, 5.74) is 5.65. The number of carbonyl (C=O) groups excluding carboxylic acids is 1. The van der Waals surface area contributed by atoms with Gasteiger partial charge in [-0.1, -0.05) is 6.07 Å². The fourth-order valence-corrected chi connectivity index (χ4v) is 3.08. The van der Waals surface area contributed by atoms with Crippen LogP contribution in [0.15, 0.2) is 17.5 Å². The van der Waals surface area contributed by atoms with Gasteiger partial charge in [-0.3, -0.25) is 9.69 Å². The quantitative estimate of drug-likeness (QED) is 0.843. The molecule has 1 amide bonds. The molecule has 1 aromatic heterocycles. The highest BCUT2D eigenvalue weighted by molar-refractivity contribution is 7.10. The van der Waals surface area contributed by atoms with Crippen molar-refractivity contribution in [2.75, 3.05) is 26.2 Å². The molecule has 5 heteroatoms. The average molecular weight is 267 g/mol. The van der Waals surface area contributed by atoms with Gasteiger partial charge in [0.05, 0.1) is 12.6 Å². The summed E-state index contributed by atoms with van der Waals surface area (Å²) in [6, 6.07) is 4.16. The Kier molecular flexibility index (Phi) is 4.74. The highest BCUT2D eigenvalue weighted by Crippen LogP contribution is 2.18. The lowest BCUT2D eigenvalue weighted by molar-refractivity contribution is -0.122. The first-order chi connectivity index (χ1) is 8.69. The number of rotatable bonds is 5. The van der Waals surface area contributed by atoms with Crippen molar-refractivity contribution in [1.29, 1.82) is 0 Å². The molecule has 2 rings (SSSR count). The molecule has 2 heterocycles. The summed E-state index contributed by atoms with van der Waals surface area (Å²) in [4.78, 5) is 15.3. The number of nitrogens with zero attached hydrogens (tertiary/aromatic N) is 1. The van der Waals surface area contributed by atoms with Gasteiger partial charge in [-0.05, 0) is 43.8 Å². The number of likely N-dealkylation sites (tertiary alicyclic amines) is 1. The summed E-state index contributed by atoms with van der Waals surface area (Å²) in [5, 5.41) is 5.07. The van der Waals surface area contributed by atoms with Crippen LogP contribution in [0.3, 0.4) is 0 Å². The van der Waals surface area contributed by atoms with Gasteiger partial charge in [-0.2, -0.15) is 0 Å². The molecule has 4 nitrogen and oxygen atoms in total. The molecule has 0 aliphatic carbocycles. The Labute approximate surface area is 112 Å². The molecule has 0 aromatic carbocycles. The number of carbonyl (C=O) groups is 1. The summed E-state index contributed by atoms with van der Waals surface area (Å²) in [7, 11) is 0. The number of hydrogen-bond donors (Lipinski definition) is 2. The van der Waals surface area contributed by atoms with Gasteiger partial charge in [0.2, 0.25) is 5.91 Å².